The number of anilines is 2. The van der Waals surface area contributed by atoms with Gasteiger partial charge in [-0.3, -0.25) is 19.2 Å². The van der Waals surface area contributed by atoms with E-state index in [0.717, 1.165) is 10.9 Å². The lowest BCUT2D eigenvalue weighted by atomic mass is 10.2. The Bertz CT molecular complexity index is 891. The second-order valence-electron chi connectivity index (χ2n) is 8.86. The number of nitrogens with zero attached hydrogens (tertiary/aromatic N) is 7. The maximum absolute atomic E-state index is 13.5. The molecule has 3 fully saturated rings. The van der Waals surface area contributed by atoms with Crippen molar-refractivity contribution in [3.8, 4) is 0 Å². The Hall–Kier alpha value is -3.03. The number of ether oxygens (including phenoxy) is 2. The number of hydroxylamine groups is 2. The molecule has 0 unspecified atom stereocenters. The molecule has 13 nitrogen and oxygen atoms in total. The Morgan fingerprint density at radius 3 is 2.06 bits per heavy atom. The second kappa shape index (κ2) is 12.3. The van der Waals surface area contributed by atoms with E-state index >= 15 is 0 Å². The standard InChI is InChI=1S/C23H35N7O6/c1-26(34-2)20(31)3-4-21(32)28-5-7-29(8-6-28)22(33)18-17-19(27-9-13-35-14-10-27)25-23(24-18)30-11-15-36-16-12-30/h17H,3-16H2,1-2H3. The lowest BCUT2D eigenvalue weighted by molar-refractivity contribution is -0.169. The smallest absolute Gasteiger partial charge is 0.272 e. The normalized spacial score (nSPS) is 18.8. The van der Waals surface area contributed by atoms with Crippen molar-refractivity contribution in [1.82, 2.24) is 24.8 Å². The lowest BCUT2D eigenvalue weighted by Gasteiger charge is -2.35. The fraction of sp³-hybridized carbons (Fsp3) is 0.696. The van der Waals surface area contributed by atoms with Crippen LogP contribution in [0.5, 0.6) is 0 Å². The van der Waals surface area contributed by atoms with Gasteiger partial charge < -0.3 is 29.1 Å². The van der Waals surface area contributed by atoms with Crippen molar-refractivity contribution in [1.29, 1.82) is 0 Å². The van der Waals surface area contributed by atoms with Crippen molar-refractivity contribution in [2.24, 2.45) is 0 Å². The number of piperazine rings is 1. The van der Waals surface area contributed by atoms with Crippen molar-refractivity contribution in [2.45, 2.75) is 12.8 Å². The second-order valence-corrected chi connectivity index (χ2v) is 8.86. The first-order valence-corrected chi connectivity index (χ1v) is 12.4. The molecule has 4 rings (SSSR count). The average molecular weight is 506 g/mol. The zero-order valence-corrected chi connectivity index (χ0v) is 21.1. The maximum Gasteiger partial charge on any atom is 0.272 e. The van der Waals surface area contributed by atoms with E-state index in [2.05, 4.69) is 9.88 Å². The fourth-order valence-electron chi connectivity index (χ4n) is 4.34. The molecule has 3 aliphatic heterocycles. The van der Waals surface area contributed by atoms with Crippen molar-refractivity contribution < 1.29 is 28.7 Å². The lowest BCUT2D eigenvalue weighted by Crippen LogP contribution is -2.51. The van der Waals surface area contributed by atoms with E-state index in [9.17, 15) is 14.4 Å². The van der Waals surface area contributed by atoms with E-state index in [4.69, 9.17) is 19.3 Å². The molecule has 3 amide bonds. The Morgan fingerprint density at radius 1 is 0.861 bits per heavy atom. The quantitative estimate of drug-likeness (QED) is 0.437. The van der Waals surface area contributed by atoms with E-state index < -0.39 is 0 Å². The highest BCUT2D eigenvalue weighted by molar-refractivity contribution is 5.93. The Labute approximate surface area is 210 Å². The Morgan fingerprint density at radius 2 is 1.44 bits per heavy atom. The minimum Gasteiger partial charge on any atom is -0.378 e. The summed E-state index contributed by atoms with van der Waals surface area (Å²) in [5, 5.41) is 1.11. The van der Waals surface area contributed by atoms with Crippen molar-refractivity contribution in [3.05, 3.63) is 11.8 Å². The predicted molar refractivity (Wildman–Crippen MR) is 130 cm³/mol. The van der Waals surface area contributed by atoms with E-state index in [-0.39, 0.29) is 30.6 Å². The monoisotopic (exact) mass is 505 g/mol. The van der Waals surface area contributed by atoms with Gasteiger partial charge in [0.05, 0.1) is 33.5 Å². The third-order valence-corrected chi connectivity index (χ3v) is 6.65. The fourth-order valence-corrected chi connectivity index (χ4v) is 4.34. The van der Waals surface area contributed by atoms with Gasteiger partial charge in [-0.05, 0) is 0 Å². The summed E-state index contributed by atoms with van der Waals surface area (Å²) in [5.74, 6) is 0.718. The molecule has 1 aromatic heterocycles. The summed E-state index contributed by atoms with van der Waals surface area (Å²) in [6.07, 6.45) is 0.191. The van der Waals surface area contributed by atoms with Crippen LogP contribution in [0.1, 0.15) is 23.3 Å². The first-order valence-electron chi connectivity index (χ1n) is 12.4. The summed E-state index contributed by atoms with van der Waals surface area (Å²) >= 11 is 0. The van der Waals surface area contributed by atoms with E-state index in [1.54, 1.807) is 15.9 Å². The molecule has 4 heterocycles. The zero-order chi connectivity index (χ0) is 25.5. The molecule has 0 aliphatic carbocycles. The van der Waals surface area contributed by atoms with Crippen molar-refractivity contribution in [2.75, 3.05) is 103 Å². The van der Waals surface area contributed by atoms with Crippen LogP contribution in [0.4, 0.5) is 11.8 Å². The van der Waals surface area contributed by atoms with Crippen LogP contribution < -0.4 is 9.80 Å². The van der Waals surface area contributed by atoms with Gasteiger partial charge in [-0.1, -0.05) is 0 Å². The van der Waals surface area contributed by atoms with Crippen molar-refractivity contribution >= 4 is 29.5 Å². The zero-order valence-electron chi connectivity index (χ0n) is 21.1. The average Bonchev–Trinajstić information content (AvgIpc) is 2.95. The molecule has 0 saturated carbocycles. The van der Waals surface area contributed by atoms with Crippen molar-refractivity contribution in [3.63, 3.8) is 0 Å². The molecule has 0 aromatic carbocycles. The number of amides is 3. The molecule has 3 saturated heterocycles. The SMILES string of the molecule is CON(C)C(=O)CCC(=O)N1CCN(C(=O)c2cc(N3CCOCC3)nc(N3CCOCC3)n2)CC1. The molecule has 0 radical (unpaired) electrons. The topological polar surface area (TPSA) is 121 Å². The molecule has 198 valence electrons. The van der Waals surface area contributed by atoms with Gasteiger partial charge >= 0.3 is 0 Å². The minimum absolute atomic E-state index is 0.0812. The van der Waals surface area contributed by atoms with Crippen LogP contribution in [-0.2, 0) is 23.9 Å². The van der Waals surface area contributed by atoms with Gasteiger partial charge in [0.2, 0.25) is 17.8 Å². The van der Waals surface area contributed by atoms with Gasteiger partial charge in [-0.25, -0.2) is 10.0 Å². The molecule has 0 bridgehead atoms. The highest BCUT2D eigenvalue weighted by atomic mass is 16.7. The minimum atomic E-state index is -0.254. The van der Waals surface area contributed by atoms with Crippen LogP contribution in [0, 0.1) is 0 Å². The molecule has 0 spiro atoms. The summed E-state index contributed by atoms with van der Waals surface area (Å²) in [6.45, 7) is 6.80. The third kappa shape index (κ3) is 6.39. The summed E-state index contributed by atoms with van der Waals surface area (Å²) in [5.41, 5.74) is 0.348. The van der Waals surface area contributed by atoms with Gasteiger partial charge in [0.1, 0.15) is 11.5 Å². The number of hydrogen-bond donors (Lipinski definition) is 0. The van der Waals surface area contributed by atoms with E-state index in [1.165, 1.54) is 14.2 Å². The Balaban J connectivity index is 1.40. The summed E-state index contributed by atoms with van der Waals surface area (Å²) in [7, 11) is 2.92. The number of rotatable bonds is 7. The summed E-state index contributed by atoms with van der Waals surface area (Å²) < 4.78 is 10.9. The molecule has 13 heteroatoms. The first-order chi connectivity index (χ1) is 17.5. The van der Waals surface area contributed by atoms with Gasteiger partial charge in [0, 0.05) is 78.3 Å². The number of morpholine rings is 2. The van der Waals surface area contributed by atoms with Crippen LogP contribution in [0.2, 0.25) is 0 Å². The number of hydrogen-bond acceptors (Lipinski definition) is 10. The van der Waals surface area contributed by atoms with Gasteiger partial charge in [-0.2, -0.15) is 4.98 Å². The predicted octanol–water partition coefficient (Wildman–Crippen LogP) is -0.766. The third-order valence-electron chi connectivity index (χ3n) is 6.65. The maximum atomic E-state index is 13.5. The molecular weight excluding hydrogens is 470 g/mol. The van der Waals surface area contributed by atoms with Gasteiger partial charge in [0.25, 0.3) is 5.91 Å². The largest absolute Gasteiger partial charge is 0.378 e. The number of carbonyl (C=O) groups excluding carboxylic acids is 3. The van der Waals surface area contributed by atoms with E-state index in [1.807, 2.05) is 4.90 Å². The molecule has 36 heavy (non-hydrogen) atoms. The van der Waals surface area contributed by atoms with Crippen LogP contribution in [-0.4, -0.2) is 135 Å². The summed E-state index contributed by atoms with van der Waals surface area (Å²) in [6, 6.07) is 1.76. The van der Waals surface area contributed by atoms with Crippen LogP contribution in [0.3, 0.4) is 0 Å². The number of aromatic nitrogens is 2. The van der Waals surface area contributed by atoms with Crippen LogP contribution in [0.25, 0.3) is 0 Å². The van der Waals surface area contributed by atoms with Crippen LogP contribution in [0.15, 0.2) is 6.07 Å². The van der Waals surface area contributed by atoms with Crippen LogP contribution >= 0.6 is 0 Å². The Kier molecular flexibility index (Phi) is 8.88. The molecule has 0 atom stereocenters. The van der Waals surface area contributed by atoms with Gasteiger partial charge in [-0.15, -0.1) is 0 Å². The molecule has 3 aliphatic rings. The highest BCUT2D eigenvalue weighted by Gasteiger charge is 2.28. The number of carbonyl (C=O) groups is 3. The molecular formula is C23H35N7O6. The van der Waals surface area contributed by atoms with Gasteiger partial charge in [0.15, 0.2) is 0 Å². The molecule has 0 N–H and O–H groups in total. The highest BCUT2D eigenvalue weighted by Crippen LogP contribution is 2.21. The summed E-state index contributed by atoms with van der Waals surface area (Å²) in [4.78, 5) is 59.7. The van der Waals surface area contributed by atoms with E-state index in [0.29, 0.717) is 90.4 Å². The first kappa shape index (κ1) is 26.0. The molecule has 1 aromatic rings.